The molecule has 0 aromatic rings. The van der Waals surface area contributed by atoms with Crippen molar-refractivity contribution >= 4 is 75.6 Å². The van der Waals surface area contributed by atoms with Crippen molar-refractivity contribution in [2.24, 2.45) is 0 Å². The van der Waals surface area contributed by atoms with Crippen molar-refractivity contribution in [1.82, 2.24) is 0 Å². The van der Waals surface area contributed by atoms with Gasteiger partial charge in [-0.2, -0.15) is 0 Å². The standard InChI is InChI=1S/I2O.Na/c1-3-2;. The van der Waals surface area contributed by atoms with Crippen LogP contribution in [0.2, 0.25) is 0 Å². The van der Waals surface area contributed by atoms with Gasteiger partial charge in [0.15, 0.2) is 0 Å². The second-order valence-electron chi connectivity index (χ2n) is 0.0583. The van der Waals surface area contributed by atoms with Crippen LogP contribution in [-0.4, -0.2) is 29.6 Å². The zero-order valence-electron chi connectivity index (χ0n) is 2.16. The third kappa shape index (κ3) is 8.83. The van der Waals surface area contributed by atoms with Crippen LogP contribution in [0.15, 0.2) is 0 Å². The molecule has 21 valence electrons. The molecular formula is I2NaO. The maximum atomic E-state index is 4.19. The molecular weight excluding hydrogens is 293 g/mol. The predicted molar refractivity (Wildman–Crippen MR) is 34.9 cm³/mol. The Morgan fingerprint density at radius 3 is 1.25 bits per heavy atom. The van der Waals surface area contributed by atoms with E-state index in [9.17, 15) is 0 Å². The summed E-state index contributed by atoms with van der Waals surface area (Å²) in [6.07, 6.45) is 0. The average Bonchev–Trinajstić information content (AvgIpc) is 0.918. The third-order valence-electron chi connectivity index (χ3n) is 0. The Morgan fingerprint density at radius 1 is 1.25 bits per heavy atom. The number of halogens is 2. The van der Waals surface area contributed by atoms with Gasteiger partial charge in [-0.15, -0.1) is 0 Å². The van der Waals surface area contributed by atoms with Gasteiger partial charge in [0.2, 0.25) is 0 Å². The molecule has 0 N–H and O–H groups in total. The molecule has 0 spiro atoms. The normalized spacial score (nSPS) is 4.50. The van der Waals surface area contributed by atoms with E-state index in [0.717, 1.165) is 0 Å². The summed E-state index contributed by atoms with van der Waals surface area (Å²) in [4.78, 5) is 0. The van der Waals surface area contributed by atoms with E-state index in [1.165, 1.54) is 0 Å². The molecule has 0 heterocycles. The molecule has 0 saturated heterocycles. The van der Waals surface area contributed by atoms with E-state index < -0.39 is 0 Å². The van der Waals surface area contributed by atoms with Crippen molar-refractivity contribution in [1.29, 1.82) is 0 Å². The fraction of sp³-hybridized carbons (Fsp3) is 0. The molecule has 0 aliphatic rings. The van der Waals surface area contributed by atoms with Crippen molar-refractivity contribution in [3.05, 3.63) is 0 Å². The van der Waals surface area contributed by atoms with Crippen LogP contribution in [0.25, 0.3) is 0 Å². The van der Waals surface area contributed by atoms with Crippen molar-refractivity contribution in [2.75, 3.05) is 0 Å². The largest absolute Gasteiger partial charge is 0.247 e. The zero-order chi connectivity index (χ0) is 2.71. The molecule has 4 heavy (non-hydrogen) atoms. The topological polar surface area (TPSA) is 9.23 Å². The first-order valence-corrected chi connectivity index (χ1v) is 2.07. The van der Waals surface area contributed by atoms with E-state index in [2.05, 4.69) is 1.40 Å². The molecule has 0 amide bonds. The molecule has 0 atom stereocenters. The Labute approximate surface area is 75.5 Å². The monoisotopic (exact) mass is 293 g/mol. The van der Waals surface area contributed by atoms with Crippen molar-refractivity contribution < 1.29 is 1.40 Å². The van der Waals surface area contributed by atoms with Gasteiger partial charge in [0.1, 0.15) is 46.0 Å². The van der Waals surface area contributed by atoms with Gasteiger partial charge in [0.25, 0.3) is 0 Å². The first kappa shape index (κ1) is 9.65. The SMILES string of the molecule is IOI.[Na]. The summed E-state index contributed by atoms with van der Waals surface area (Å²) in [5, 5.41) is 0. The molecule has 0 rings (SSSR count). The van der Waals surface area contributed by atoms with Gasteiger partial charge in [0, 0.05) is 29.6 Å². The summed E-state index contributed by atoms with van der Waals surface area (Å²) in [5.41, 5.74) is 0. The van der Waals surface area contributed by atoms with Crippen LogP contribution >= 0.6 is 46.0 Å². The van der Waals surface area contributed by atoms with Gasteiger partial charge in [-0.3, -0.25) is 0 Å². The summed E-state index contributed by atoms with van der Waals surface area (Å²) in [5.74, 6) is 0. The minimum atomic E-state index is 0. The van der Waals surface area contributed by atoms with Crippen LogP contribution in [0.4, 0.5) is 0 Å². The van der Waals surface area contributed by atoms with E-state index in [-0.39, 0.29) is 29.6 Å². The number of rotatable bonds is 0. The zero-order valence-corrected chi connectivity index (χ0v) is 8.48. The van der Waals surface area contributed by atoms with Gasteiger partial charge < -0.3 is 0 Å². The van der Waals surface area contributed by atoms with Crippen LogP contribution in [0.3, 0.4) is 0 Å². The molecule has 0 unspecified atom stereocenters. The summed E-state index contributed by atoms with van der Waals surface area (Å²) < 4.78 is 4.19. The summed E-state index contributed by atoms with van der Waals surface area (Å²) >= 11 is 3.55. The molecule has 0 fully saturated rings. The minimum Gasteiger partial charge on any atom is -0.247 e. The molecule has 1 radical (unpaired) electrons. The van der Waals surface area contributed by atoms with E-state index in [4.69, 9.17) is 0 Å². The third-order valence-corrected chi connectivity index (χ3v) is 0. The Kier molecular flexibility index (Phi) is 21.8. The quantitative estimate of drug-likeness (QED) is 0.483. The van der Waals surface area contributed by atoms with E-state index in [1.807, 2.05) is 0 Å². The second-order valence-corrected chi connectivity index (χ2v) is 2.62. The van der Waals surface area contributed by atoms with Gasteiger partial charge in [0.05, 0.1) is 0 Å². The summed E-state index contributed by atoms with van der Waals surface area (Å²) in [7, 11) is 0. The fourth-order valence-corrected chi connectivity index (χ4v) is 0. The maximum Gasteiger partial charge on any atom is 0.124 e. The van der Waals surface area contributed by atoms with Crippen LogP contribution < -0.4 is 0 Å². The Hall–Kier alpha value is 2.42. The van der Waals surface area contributed by atoms with Gasteiger partial charge in [-0.25, -0.2) is 1.40 Å². The van der Waals surface area contributed by atoms with Gasteiger partial charge in [-0.05, 0) is 0 Å². The Morgan fingerprint density at radius 2 is 1.25 bits per heavy atom. The van der Waals surface area contributed by atoms with E-state index >= 15 is 0 Å². The molecule has 0 saturated carbocycles. The molecule has 1 nitrogen and oxygen atoms in total. The average molecular weight is 293 g/mol. The summed E-state index contributed by atoms with van der Waals surface area (Å²) in [6, 6.07) is 0. The Balaban J connectivity index is 0. The van der Waals surface area contributed by atoms with Crippen molar-refractivity contribution in [2.45, 2.75) is 0 Å². The predicted octanol–water partition coefficient (Wildman–Crippen LogP) is 1.32. The number of hydrogen-bond acceptors (Lipinski definition) is 1. The first-order chi connectivity index (χ1) is 1.41. The summed E-state index contributed by atoms with van der Waals surface area (Å²) in [6.45, 7) is 0. The molecule has 0 aliphatic carbocycles. The van der Waals surface area contributed by atoms with E-state index in [0.29, 0.717) is 0 Å². The molecule has 0 aromatic carbocycles. The van der Waals surface area contributed by atoms with Crippen LogP contribution in [0.1, 0.15) is 0 Å². The van der Waals surface area contributed by atoms with Crippen molar-refractivity contribution in [3.63, 3.8) is 0 Å². The molecule has 0 bridgehead atoms. The smallest absolute Gasteiger partial charge is 0.124 e. The van der Waals surface area contributed by atoms with Crippen LogP contribution in [0.5, 0.6) is 0 Å². The number of hydrogen-bond donors (Lipinski definition) is 0. The Bertz CT molecular complexity index is 6.00. The second kappa shape index (κ2) is 9.05. The van der Waals surface area contributed by atoms with Gasteiger partial charge in [-0.1, -0.05) is 0 Å². The molecule has 0 aliphatic heterocycles. The molecule has 0 aromatic heterocycles. The van der Waals surface area contributed by atoms with Crippen molar-refractivity contribution in [3.8, 4) is 0 Å². The van der Waals surface area contributed by atoms with Gasteiger partial charge >= 0.3 is 0 Å². The van der Waals surface area contributed by atoms with E-state index in [1.54, 1.807) is 46.0 Å². The first-order valence-electron chi connectivity index (χ1n) is 0.309. The van der Waals surface area contributed by atoms with Crippen LogP contribution in [-0.2, 0) is 1.40 Å². The minimum absolute atomic E-state index is 0. The van der Waals surface area contributed by atoms with Crippen LogP contribution in [0, 0.1) is 0 Å². The fourth-order valence-electron chi connectivity index (χ4n) is 0. The maximum absolute atomic E-state index is 4.19. The molecule has 4 heteroatoms.